The molecule has 0 aliphatic heterocycles. The molecule has 0 unspecified atom stereocenters. The first-order chi connectivity index (χ1) is 6.99. The molecule has 5 nitrogen and oxygen atoms in total. The summed E-state index contributed by atoms with van der Waals surface area (Å²) in [7, 11) is -3.95. The first kappa shape index (κ1) is 12.5. The van der Waals surface area contributed by atoms with Crippen LogP contribution in [0.25, 0.3) is 0 Å². The molecule has 0 saturated heterocycles. The number of hydrogen-bond acceptors (Lipinski definition) is 5. The van der Waals surface area contributed by atoms with Gasteiger partial charge in [0.2, 0.25) is 0 Å². The normalized spacial score (nSPS) is 11.9. The van der Waals surface area contributed by atoms with Gasteiger partial charge in [-0.2, -0.15) is 8.42 Å². The zero-order valence-electron chi connectivity index (χ0n) is 7.84. The number of hydrogen-bond donors (Lipinski definition) is 0. The fourth-order valence-electron chi connectivity index (χ4n) is 0.994. The minimum Gasteiger partial charge on any atom is -0.267 e. The second-order valence-electron chi connectivity index (χ2n) is 2.51. The average Bonchev–Trinajstić information content (AvgIpc) is 2.17. The van der Waals surface area contributed by atoms with Gasteiger partial charge in [-0.3, -0.25) is 4.18 Å². The van der Waals surface area contributed by atoms with Gasteiger partial charge in [-0.15, -0.1) is 0 Å². The van der Waals surface area contributed by atoms with Crippen molar-refractivity contribution in [2.75, 3.05) is 6.61 Å². The summed E-state index contributed by atoms with van der Waals surface area (Å²) in [5.41, 5.74) is 0. The molecular formula is C8H9IO5S. The van der Waals surface area contributed by atoms with Gasteiger partial charge in [0.15, 0.2) is 0 Å². The molecular weight excluding hydrogens is 335 g/mol. The Morgan fingerprint density at radius 2 is 1.87 bits per heavy atom. The monoisotopic (exact) mass is 344 g/mol. The van der Waals surface area contributed by atoms with Crippen molar-refractivity contribution in [2.24, 2.45) is 0 Å². The molecule has 0 saturated carbocycles. The lowest BCUT2D eigenvalue weighted by molar-refractivity contribution is 0.337. The SMILES string of the molecule is CCOS(=O)(=O)c1ccccc1I(=O)=O. The lowest BCUT2D eigenvalue weighted by Gasteiger charge is -2.04. The molecule has 0 bridgehead atoms. The molecule has 0 atom stereocenters. The fraction of sp³-hybridized carbons (Fsp3) is 0.250. The molecule has 0 spiro atoms. The largest absolute Gasteiger partial charge is 0.342 e. The second-order valence-corrected chi connectivity index (χ2v) is 6.49. The van der Waals surface area contributed by atoms with Crippen LogP contribution >= 0.6 is 19.8 Å². The molecule has 0 amide bonds. The second kappa shape index (κ2) is 4.99. The molecule has 1 aromatic rings. The summed E-state index contributed by atoms with van der Waals surface area (Å²) in [5.74, 6) is 0. The lowest BCUT2D eigenvalue weighted by atomic mass is 10.4. The topological polar surface area (TPSA) is 77.5 Å². The zero-order chi connectivity index (χ0) is 11.5. The Morgan fingerprint density at radius 3 is 2.40 bits per heavy atom. The third kappa shape index (κ3) is 2.95. The molecule has 7 heteroatoms. The van der Waals surface area contributed by atoms with Crippen molar-refractivity contribution in [3.8, 4) is 0 Å². The third-order valence-electron chi connectivity index (χ3n) is 1.55. The lowest BCUT2D eigenvalue weighted by Crippen LogP contribution is -2.07. The quantitative estimate of drug-likeness (QED) is 0.615. The number of benzene rings is 1. The molecule has 1 aromatic carbocycles. The maximum Gasteiger partial charge on any atom is 0.342 e. The molecule has 15 heavy (non-hydrogen) atoms. The Bertz CT molecular complexity index is 510. The minimum absolute atomic E-state index is 0.0252. The van der Waals surface area contributed by atoms with Crippen LogP contribution in [0, 0.1) is 3.57 Å². The maximum absolute atomic E-state index is 11.5. The molecule has 0 radical (unpaired) electrons. The Hall–Kier alpha value is -0.540. The van der Waals surface area contributed by atoms with E-state index in [-0.39, 0.29) is 15.1 Å². The summed E-state index contributed by atoms with van der Waals surface area (Å²) >= 11 is -3.82. The number of halogens is 1. The van der Waals surface area contributed by atoms with Crippen LogP contribution in [0.1, 0.15) is 6.92 Å². The van der Waals surface area contributed by atoms with Gasteiger partial charge in [0.1, 0.15) is 4.90 Å². The van der Waals surface area contributed by atoms with E-state index < -0.39 is 29.9 Å². The van der Waals surface area contributed by atoms with Crippen LogP contribution in [0.4, 0.5) is 0 Å². The highest BCUT2D eigenvalue weighted by molar-refractivity contribution is 14.2. The van der Waals surface area contributed by atoms with Crippen molar-refractivity contribution in [1.29, 1.82) is 0 Å². The summed E-state index contributed by atoms with van der Waals surface area (Å²) in [6.07, 6.45) is 0. The van der Waals surface area contributed by atoms with Gasteiger partial charge in [-0.25, -0.2) is 6.14 Å². The smallest absolute Gasteiger partial charge is 0.267 e. The molecule has 84 valence electrons. The highest BCUT2D eigenvalue weighted by atomic mass is 127. The van der Waals surface area contributed by atoms with Crippen LogP contribution in [0.3, 0.4) is 0 Å². The Balaban J connectivity index is 3.38. The fourth-order valence-corrected chi connectivity index (χ4v) is 4.33. The molecule has 0 aliphatic rings. The molecule has 0 aliphatic carbocycles. The molecule has 0 aromatic heterocycles. The predicted molar refractivity (Wildman–Crippen MR) is 59.3 cm³/mol. The zero-order valence-corrected chi connectivity index (χ0v) is 10.8. The molecule has 0 fully saturated rings. The van der Waals surface area contributed by atoms with E-state index in [1.54, 1.807) is 0 Å². The van der Waals surface area contributed by atoms with Gasteiger partial charge >= 0.3 is 19.8 Å². The molecule has 0 heterocycles. The third-order valence-corrected chi connectivity index (χ3v) is 5.24. The van der Waals surface area contributed by atoms with E-state index in [0.717, 1.165) is 0 Å². The molecule has 1 rings (SSSR count). The highest BCUT2D eigenvalue weighted by Crippen LogP contribution is 2.26. The summed E-state index contributed by atoms with van der Waals surface area (Å²) in [6, 6.07) is 5.41. The summed E-state index contributed by atoms with van der Waals surface area (Å²) in [4.78, 5) is -0.276. The van der Waals surface area contributed by atoms with E-state index in [4.69, 9.17) is 0 Å². The minimum atomic E-state index is -3.95. The van der Waals surface area contributed by atoms with E-state index in [1.807, 2.05) is 0 Å². The van der Waals surface area contributed by atoms with Crippen molar-refractivity contribution in [2.45, 2.75) is 11.8 Å². The Labute approximate surface area is 94.7 Å². The van der Waals surface area contributed by atoms with Crippen LogP contribution in [-0.4, -0.2) is 15.0 Å². The van der Waals surface area contributed by atoms with Gasteiger partial charge in [0, 0.05) is 0 Å². The first-order valence-electron chi connectivity index (χ1n) is 4.02. The van der Waals surface area contributed by atoms with Crippen LogP contribution < -0.4 is 0 Å². The van der Waals surface area contributed by atoms with Crippen molar-refractivity contribution in [3.05, 3.63) is 27.8 Å². The molecule has 0 N–H and O–H groups in total. The Kier molecular flexibility index (Phi) is 4.17. The van der Waals surface area contributed by atoms with Crippen LogP contribution in [0.2, 0.25) is 0 Å². The van der Waals surface area contributed by atoms with Crippen molar-refractivity contribution < 1.29 is 18.7 Å². The Morgan fingerprint density at radius 1 is 1.27 bits per heavy atom. The standard InChI is InChI=1S/C8H9IO5S/c1-2-14-15(12,13)8-6-4-3-5-7(8)9(10)11/h3-6H,2H2,1H3. The van der Waals surface area contributed by atoms with E-state index in [2.05, 4.69) is 4.18 Å². The summed E-state index contributed by atoms with van der Waals surface area (Å²) in [5, 5.41) is 0. The van der Waals surface area contributed by atoms with Gasteiger partial charge in [0.05, 0.1) is 10.2 Å². The van der Waals surface area contributed by atoms with E-state index in [9.17, 15) is 14.6 Å². The van der Waals surface area contributed by atoms with Gasteiger partial charge in [0.25, 0.3) is 10.1 Å². The van der Waals surface area contributed by atoms with E-state index in [0.29, 0.717) is 0 Å². The van der Waals surface area contributed by atoms with Gasteiger partial charge in [-0.05, 0) is 19.1 Å². The maximum atomic E-state index is 11.5. The van der Waals surface area contributed by atoms with Crippen molar-refractivity contribution in [3.63, 3.8) is 0 Å². The van der Waals surface area contributed by atoms with Crippen LogP contribution in [0.5, 0.6) is 0 Å². The highest BCUT2D eigenvalue weighted by Gasteiger charge is 2.20. The first-order valence-corrected chi connectivity index (χ1v) is 8.27. The predicted octanol–water partition coefficient (Wildman–Crippen LogP) is 1.78. The van der Waals surface area contributed by atoms with Crippen LogP contribution in [-0.2, 0) is 20.4 Å². The summed E-state index contributed by atoms with van der Waals surface area (Å²) in [6.45, 7) is 1.49. The van der Waals surface area contributed by atoms with Crippen molar-refractivity contribution >= 4 is 29.9 Å². The van der Waals surface area contributed by atoms with E-state index in [1.165, 1.54) is 31.2 Å². The summed E-state index contributed by atoms with van der Waals surface area (Å²) < 4.78 is 49.1. The van der Waals surface area contributed by atoms with Crippen molar-refractivity contribution in [1.82, 2.24) is 0 Å². The van der Waals surface area contributed by atoms with E-state index >= 15 is 0 Å². The average molecular weight is 344 g/mol. The number of rotatable bonds is 4. The van der Waals surface area contributed by atoms with Crippen LogP contribution in [0.15, 0.2) is 29.2 Å². The van der Waals surface area contributed by atoms with Gasteiger partial charge in [-0.1, -0.05) is 12.1 Å². The van der Waals surface area contributed by atoms with Gasteiger partial charge < -0.3 is 0 Å².